The largest absolute Gasteiger partial charge is 0.508 e. The van der Waals surface area contributed by atoms with Crippen molar-refractivity contribution in [2.75, 3.05) is 13.1 Å². The number of benzene rings is 2. The van der Waals surface area contributed by atoms with Crippen molar-refractivity contribution in [1.82, 2.24) is 9.80 Å². The Morgan fingerprint density at radius 1 is 0.769 bits per heavy atom. The van der Waals surface area contributed by atoms with Crippen molar-refractivity contribution in [1.29, 1.82) is 0 Å². The molecule has 0 radical (unpaired) electrons. The normalized spacial score (nSPS) is 13.6. The van der Waals surface area contributed by atoms with E-state index in [1.54, 1.807) is 13.0 Å². The van der Waals surface area contributed by atoms with E-state index in [2.05, 4.69) is 0 Å². The molecule has 39 heavy (non-hydrogen) atoms. The Labute approximate surface area is 239 Å². The molecule has 2 atom stereocenters. The molecule has 0 fully saturated rings. The van der Waals surface area contributed by atoms with Crippen LogP contribution in [0.3, 0.4) is 0 Å². The fourth-order valence-electron chi connectivity index (χ4n) is 4.05. The van der Waals surface area contributed by atoms with Crippen LogP contribution in [0, 0.1) is 0 Å². The second-order valence-corrected chi connectivity index (χ2v) is 12.6. The standard InChI is InChI=1S/C23H36N2O10P2.CH4.Fe/c1-3-23(37(33,34)35)25(13-20-10-17(14-26)5-7-21(20)28)9-8-24(16(2)36(30,31)32)12-19-6-4-18(15-27)11-22(19)29;;/h4-7,10-11,16,23,26-29H,3,8-9,12-15H2,1-2H3,(H2,30,31,32)(H2,33,34,35);1H4;/t16?,23-;;/m0../s1. The number of nitrogens with zero attached hydrogens (tertiary/aromatic N) is 2. The predicted octanol–water partition coefficient (Wildman–Crippen LogP) is 2.46. The minimum absolute atomic E-state index is 0. The quantitative estimate of drug-likeness (QED) is 0.112. The van der Waals surface area contributed by atoms with Crippen LogP contribution in [-0.2, 0) is 52.5 Å². The Balaban J connectivity index is 0.00000722. The first-order valence-corrected chi connectivity index (χ1v) is 15.0. The molecule has 0 saturated carbocycles. The Kier molecular flexibility index (Phi) is 15.7. The van der Waals surface area contributed by atoms with E-state index in [4.69, 9.17) is 0 Å². The van der Waals surface area contributed by atoms with E-state index in [1.165, 1.54) is 47.1 Å². The maximum atomic E-state index is 12.3. The molecule has 2 aromatic carbocycles. The maximum absolute atomic E-state index is 12.3. The second-order valence-electron chi connectivity index (χ2n) is 8.88. The molecule has 0 aliphatic heterocycles. The van der Waals surface area contributed by atoms with E-state index in [0.717, 1.165) is 0 Å². The molecule has 8 N–H and O–H groups in total. The summed E-state index contributed by atoms with van der Waals surface area (Å²) in [6.07, 6.45) is 0.0577. The van der Waals surface area contributed by atoms with Gasteiger partial charge in [-0.1, -0.05) is 32.5 Å². The first-order chi connectivity index (χ1) is 17.2. The van der Waals surface area contributed by atoms with Crippen LogP contribution in [0.4, 0.5) is 0 Å². The number of hydrogen-bond acceptors (Lipinski definition) is 8. The molecule has 224 valence electrons. The zero-order valence-corrected chi connectivity index (χ0v) is 24.0. The van der Waals surface area contributed by atoms with Gasteiger partial charge in [0.25, 0.3) is 0 Å². The van der Waals surface area contributed by atoms with Crippen LogP contribution in [0.1, 0.15) is 49.9 Å². The van der Waals surface area contributed by atoms with Crippen molar-refractivity contribution in [3.63, 3.8) is 0 Å². The summed E-state index contributed by atoms with van der Waals surface area (Å²) in [6, 6.07) is 8.85. The van der Waals surface area contributed by atoms with Crippen molar-refractivity contribution in [2.24, 2.45) is 0 Å². The van der Waals surface area contributed by atoms with Gasteiger partial charge in [-0.15, -0.1) is 0 Å². The van der Waals surface area contributed by atoms with Crippen LogP contribution in [-0.4, -0.2) is 74.5 Å². The summed E-state index contributed by atoms with van der Waals surface area (Å²) in [5, 5.41) is 39.4. The first-order valence-electron chi connectivity index (χ1n) is 11.6. The molecular weight excluding hydrogens is 594 g/mol. The first kappa shape index (κ1) is 37.7. The fraction of sp³-hybridized carbons (Fsp3) is 0.500. The van der Waals surface area contributed by atoms with Gasteiger partial charge in [0.15, 0.2) is 0 Å². The molecule has 0 aliphatic rings. The van der Waals surface area contributed by atoms with E-state index in [-0.39, 0.29) is 81.8 Å². The molecule has 15 heteroatoms. The van der Waals surface area contributed by atoms with Gasteiger partial charge in [0.05, 0.1) is 13.2 Å². The molecule has 0 spiro atoms. The molecule has 0 aliphatic carbocycles. The molecule has 0 heterocycles. The number of phenols is 2. The van der Waals surface area contributed by atoms with Crippen molar-refractivity contribution in [3.05, 3.63) is 58.7 Å². The van der Waals surface area contributed by atoms with Gasteiger partial charge in [0.1, 0.15) is 23.1 Å². The third-order valence-corrected chi connectivity index (χ3v) is 9.04. The molecule has 2 rings (SSSR count). The Morgan fingerprint density at radius 2 is 1.28 bits per heavy atom. The third-order valence-electron chi connectivity index (χ3n) is 6.27. The maximum Gasteiger partial charge on any atom is 0.342 e. The van der Waals surface area contributed by atoms with Gasteiger partial charge >= 0.3 is 15.2 Å². The summed E-state index contributed by atoms with van der Waals surface area (Å²) in [5.74, 6) is -2.82. The molecule has 1 unspecified atom stereocenters. The molecule has 0 amide bonds. The van der Waals surface area contributed by atoms with Crippen molar-refractivity contribution in [3.8, 4) is 11.5 Å². The average Bonchev–Trinajstić information content (AvgIpc) is 2.82. The number of aliphatic hydroxyl groups excluding tert-OH is 2. The molecule has 2 aromatic rings. The predicted molar refractivity (Wildman–Crippen MR) is 143 cm³/mol. The van der Waals surface area contributed by atoms with Gasteiger partial charge in [-0.2, -0.15) is 0 Å². The van der Waals surface area contributed by atoms with Gasteiger partial charge in [0.2, 0.25) is 0 Å². The fourth-order valence-corrected chi connectivity index (χ4v) is 5.77. The monoisotopic (exact) mass is 634 g/mol. The van der Waals surface area contributed by atoms with Crippen LogP contribution in [0.5, 0.6) is 11.5 Å². The molecule has 0 aromatic heterocycles. The minimum atomic E-state index is -4.64. The van der Waals surface area contributed by atoms with Gasteiger partial charge in [-0.3, -0.25) is 18.9 Å². The van der Waals surface area contributed by atoms with Crippen LogP contribution < -0.4 is 0 Å². The summed E-state index contributed by atoms with van der Waals surface area (Å²) in [7, 11) is -9.27. The van der Waals surface area contributed by atoms with E-state index in [0.29, 0.717) is 22.3 Å². The Bertz CT molecular complexity index is 1140. The van der Waals surface area contributed by atoms with Crippen LogP contribution in [0.25, 0.3) is 0 Å². The summed E-state index contributed by atoms with van der Waals surface area (Å²) in [5.41, 5.74) is 1.62. The Morgan fingerprint density at radius 3 is 1.77 bits per heavy atom. The number of aromatic hydroxyl groups is 2. The van der Waals surface area contributed by atoms with Crippen LogP contribution in [0.2, 0.25) is 0 Å². The van der Waals surface area contributed by atoms with E-state index >= 15 is 0 Å². The topological polar surface area (TPSA) is 202 Å². The van der Waals surface area contributed by atoms with Gasteiger partial charge < -0.3 is 40.0 Å². The van der Waals surface area contributed by atoms with Crippen molar-refractivity contribution in [2.45, 2.75) is 65.6 Å². The molecule has 0 saturated heterocycles. The number of rotatable bonds is 14. The Hall–Kier alpha value is -1.30. The molecular formula is C24H40FeN2O10P2. The summed E-state index contributed by atoms with van der Waals surface area (Å²) in [6.45, 7) is 2.04. The summed E-state index contributed by atoms with van der Waals surface area (Å²) in [4.78, 5) is 42.5. The summed E-state index contributed by atoms with van der Waals surface area (Å²) >= 11 is 0. The number of aliphatic hydroxyl groups is 2. The van der Waals surface area contributed by atoms with E-state index < -0.39 is 26.8 Å². The van der Waals surface area contributed by atoms with Gasteiger partial charge in [0, 0.05) is 54.4 Å². The zero-order chi connectivity index (χ0) is 28.0. The number of phenolic OH excluding ortho intramolecular Hbond substituents is 2. The van der Waals surface area contributed by atoms with Crippen molar-refractivity contribution >= 4 is 15.2 Å². The minimum Gasteiger partial charge on any atom is -0.508 e. The third kappa shape index (κ3) is 10.9. The summed E-state index contributed by atoms with van der Waals surface area (Å²) < 4.78 is 24.4. The van der Waals surface area contributed by atoms with Gasteiger partial charge in [-0.05, 0) is 42.7 Å². The van der Waals surface area contributed by atoms with Crippen LogP contribution in [0.15, 0.2) is 36.4 Å². The number of hydrogen-bond donors (Lipinski definition) is 8. The zero-order valence-electron chi connectivity index (χ0n) is 21.1. The smallest absolute Gasteiger partial charge is 0.342 e. The van der Waals surface area contributed by atoms with E-state index in [1.807, 2.05) is 0 Å². The average molecular weight is 634 g/mol. The van der Waals surface area contributed by atoms with E-state index in [9.17, 15) is 49.1 Å². The molecule has 0 bridgehead atoms. The second kappa shape index (κ2) is 16.2. The van der Waals surface area contributed by atoms with Gasteiger partial charge in [-0.25, -0.2) is 0 Å². The molecule has 12 nitrogen and oxygen atoms in total. The SMILES string of the molecule is C.CC[C@@H](N(CCN(Cc1ccc(CO)cc1O)C(C)P(=O)(O)O)Cc1cc(CO)ccc1O)P(=O)(O)O.[Fe]. The van der Waals surface area contributed by atoms with Crippen molar-refractivity contribution < 1.29 is 66.2 Å². The van der Waals surface area contributed by atoms with Crippen LogP contribution >= 0.6 is 15.2 Å².